The van der Waals surface area contributed by atoms with Crippen LogP contribution in [0.5, 0.6) is 0 Å². The van der Waals surface area contributed by atoms with Crippen molar-refractivity contribution in [3.05, 3.63) is 0 Å². The molecule has 1 heterocycles. The predicted molar refractivity (Wildman–Crippen MR) is 70.7 cm³/mol. The zero-order valence-electron chi connectivity index (χ0n) is 11.5. The van der Waals surface area contributed by atoms with Crippen LogP contribution in [0.1, 0.15) is 58.8 Å². The average Bonchev–Trinajstić information content (AvgIpc) is 2.39. The van der Waals surface area contributed by atoms with Gasteiger partial charge in [0.25, 0.3) is 0 Å². The highest BCUT2D eigenvalue weighted by atomic mass is 16.2. The second-order valence-corrected chi connectivity index (χ2v) is 6.24. The van der Waals surface area contributed by atoms with Crippen molar-refractivity contribution in [3.63, 3.8) is 0 Å². The van der Waals surface area contributed by atoms with Crippen molar-refractivity contribution >= 4 is 5.91 Å². The quantitative estimate of drug-likeness (QED) is 0.720. The van der Waals surface area contributed by atoms with E-state index in [0.29, 0.717) is 11.8 Å². The second-order valence-electron chi connectivity index (χ2n) is 6.24. The first-order chi connectivity index (χ1) is 8.18. The lowest BCUT2D eigenvalue weighted by Gasteiger charge is -2.35. The van der Waals surface area contributed by atoms with E-state index in [2.05, 4.69) is 18.7 Å². The molecule has 17 heavy (non-hydrogen) atoms. The van der Waals surface area contributed by atoms with Crippen molar-refractivity contribution in [1.82, 2.24) is 4.90 Å². The largest absolute Gasteiger partial charge is 0.342 e. The van der Waals surface area contributed by atoms with Crippen LogP contribution in [-0.4, -0.2) is 23.9 Å². The van der Waals surface area contributed by atoms with E-state index in [-0.39, 0.29) is 0 Å². The Morgan fingerprint density at radius 2 is 1.59 bits per heavy atom. The third-order valence-corrected chi connectivity index (χ3v) is 4.73. The van der Waals surface area contributed by atoms with Gasteiger partial charge in [0.2, 0.25) is 5.91 Å². The van der Waals surface area contributed by atoms with Crippen LogP contribution in [-0.2, 0) is 4.79 Å². The first-order valence-electron chi connectivity index (χ1n) is 7.47. The van der Waals surface area contributed by atoms with Crippen LogP contribution in [0.25, 0.3) is 0 Å². The van der Waals surface area contributed by atoms with Gasteiger partial charge in [0.15, 0.2) is 0 Å². The molecule has 0 spiro atoms. The van der Waals surface area contributed by atoms with E-state index in [0.717, 1.165) is 37.8 Å². The van der Waals surface area contributed by atoms with E-state index in [9.17, 15) is 4.79 Å². The molecule has 0 aromatic heterocycles. The summed E-state index contributed by atoms with van der Waals surface area (Å²) in [5.74, 6) is 2.47. The Kier molecular flexibility index (Phi) is 4.47. The zero-order valence-corrected chi connectivity index (χ0v) is 11.5. The second kappa shape index (κ2) is 5.88. The molecule has 2 heteroatoms. The Hall–Kier alpha value is -0.530. The fraction of sp³-hybridized carbons (Fsp3) is 0.933. The molecule has 1 aliphatic heterocycles. The van der Waals surface area contributed by atoms with Crippen LogP contribution >= 0.6 is 0 Å². The van der Waals surface area contributed by atoms with Gasteiger partial charge in [-0.15, -0.1) is 0 Å². The molecular formula is C15H27NO. The summed E-state index contributed by atoms with van der Waals surface area (Å²) in [5.41, 5.74) is 0. The first kappa shape index (κ1) is 12.9. The summed E-state index contributed by atoms with van der Waals surface area (Å²) >= 11 is 0. The summed E-state index contributed by atoms with van der Waals surface area (Å²) < 4.78 is 0. The lowest BCUT2D eigenvalue weighted by atomic mass is 9.76. The van der Waals surface area contributed by atoms with Crippen molar-refractivity contribution in [2.45, 2.75) is 58.8 Å². The number of carbonyl (C=O) groups excluding carboxylic acids is 1. The van der Waals surface area contributed by atoms with Gasteiger partial charge in [-0.2, -0.15) is 0 Å². The van der Waals surface area contributed by atoms with E-state index >= 15 is 0 Å². The highest BCUT2D eigenvalue weighted by molar-refractivity contribution is 5.79. The monoisotopic (exact) mass is 237 g/mol. The Labute approximate surface area is 106 Å². The van der Waals surface area contributed by atoms with E-state index in [1.807, 2.05) is 0 Å². The van der Waals surface area contributed by atoms with Crippen molar-refractivity contribution in [3.8, 4) is 0 Å². The predicted octanol–water partition coefficient (Wildman–Crippen LogP) is 3.46. The summed E-state index contributed by atoms with van der Waals surface area (Å²) in [7, 11) is 0. The van der Waals surface area contributed by atoms with Gasteiger partial charge in [-0.05, 0) is 56.8 Å². The lowest BCUT2D eigenvalue weighted by molar-refractivity contribution is -0.137. The minimum atomic E-state index is 0.350. The van der Waals surface area contributed by atoms with E-state index in [4.69, 9.17) is 0 Å². The number of carbonyl (C=O) groups is 1. The molecule has 98 valence electrons. The molecule has 0 N–H and O–H groups in total. The van der Waals surface area contributed by atoms with Gasteiger partial charge in [-0.3, -0.25) is 4.79 Å². The maximum Gasteiger partial charge on any atom is 0.225 e. The molecule has 0 bridgehead atoms. The Morgan fingerprint density at radius 3 is 2.12 bits per heavy atom. The van der Waals surface area contributed by atoms with Crippen LogP contribution in [0.4, 0.5) is 0 Å². The van der Waals surface area contributed by atoms with Crippen molar-refractivity contribution in [2.24, 2.45) is 17.8 Å². The van der Waals surface area contributed by atoms with Gasteiger partial charge < -0.3 is 4.90 Å². The Morgan fingerprint density at radius 1 is 1.00 bits per heavy atom. The average molecular weight is 237 g/mol. The minimum absolute atomic E-state index is 0.350. The molecular weight excluding hydrogens is 210 g/mol. The van der Waals surface area contributed by atoms with Crippen LogP contribution in [0, 0.1) is 17.8 Å². The fourth-order valence-corrected chi connectivity index (χ4v) is 3.41. The molecule has 0 unspecified atom stereocenters. The lowest BCUT2D eigenvalue weighted by Crippen LogP contribution is -2.41. The van der Waals surface area contributed by atoms with Gasteiger partial charge in [-0.1, -0.05) is 13.8 Å². The Bertz CT molecular complexity index is 248. The molecule has 0 aromatic carbocycles. The van der Waals surface area contributed by atoms with Gasteiger partial charge in [-0.25, -0.2) is 0 Å². The number of piperidine rings is 1. The highest BCUT2D eigenvalue weighted by Gasteiger charge is 2.30. The van der Waals surface area contributed by atoms with Crippen LogP contribution in [0.3, 0.4) is 0 Å². The standard InChI is InChI=1S/C15H27NO/c1-12(2)13-6-8-14(9-7-13)15(17)16-10-4-3-5-11-16/h12-14H,3-11H2,1-2H3. The summed E-state index contributed by atoms with van der Waals surface area (Å²) in [6.45, 7) is 6.67. The molecule has 1 amide bonds. The van der Waals surface area contributed by atoms with Crippen molar-refractivity contribution in [2.75, 3.05) is 13.1 Å². The van der Waals surface area contributed by atoms with Crippen LogP contribution in [0.2, 0.25) is 0 Å². The molecule has 0 aromatic rings. The molecule has 1 aliphatic carbocycles. The normalized spacial score (nSPS) is 30.6. The summed E-state index contributed by atoms with van der Waals surface area (Å²) in [6.07, 6.45) is 8.55. The van der Waals surface area contributed by atoms with Gasteiger partial charge in [0.05, 0.1) is 0 Å². The fourth-order valence-electron chi connectivity index (χ4n) is 3.41. The summed E-state index contributed by atoms with van der Waals surface area (Å²) in [4.78, 5) is 14.5. The van der Waals surface area contributed by atoms with Crippen LogP contribution in [0.15, 0.2) is 0 Å². The number of nitrogens with zero attached hydrogens (tertiary/aromatic N) is 1. The number of amides is 1. The SMILES string of the molecule is CC(C)C1CCC(C(=O)N2CCCCC2)CC1. The molecule has 1 saturated heterocycles. The molecule has 0 atom stereocenters. The third-order valence-electron chi connectivity index (χ3n) is 4.73. The highest BCUT2D eigenvalue weighted by Crippen LogP contribution is 2.34. The van der Waals surface area contributed by atoms with E-state index < -0.39 is 0 Å². The Balaban J connectivity index is 1.81. The number of hydrogen-bond donors (Lipinski definition) is 0. The topological polar surface area (TPSA) is 20.3 Å². The third kappa shape index (κ3) is 3.23. The first-order valence-corrected chi connectivity index (χ1v) is 7.47. The number of likely N-dealkylation sites (tertiary alicyclic amines) is 1. The van der Waals surface area contributed by atoms with Gasteiger partial charge in [0.1, 0.15) is 0 Å². The number of hydrogen-bond acceptors (Lipinski definition) is 1. The molecule has 2 nitrogen and oxygen atoms in total. The zero-order chi connectivity index (χ0) is 12.3. The molecule has 2 rings (SSSR count). The molecule has 0 radical (unpaired) electrons. The van der Waals surface area contributed by atoms with E-state index in [1.165, 1.54) is 32.1 Å². The van der Waals surface area contributed by atoms with Crippen molar-refractivity contribution in [1.29, 1.82) is 0 Å². The summed E-state index contributed by atoms with van der Waals surface area (Å²) in [6, 6.07) is 0. The van der Waals surface area contributed by atoms with Gasteiger partial charge >= 0.3 is 0 Å². The molecule has 1 saturated carbocycles. The molecule has 2 aliphatic rings. The number of rotatable bonds is 2. The smallest absolute Gasteiger partial charge is 0.225 e. The van der Waals surface area contributed by atoms with Gasteiger partial charge in [0, 0.05) is 19.0 Å². The maximum atomic E-state index is 12.4. The molecule has 2 fully saturated rings. The summed E-state index contributed by atoms with van der Waals surface area (Å²) in [5, 5.41) is 0. The van der Waals surface area contributed by atoms with Crippen molar-refractivity contribution < 1.29 is 4.79 Å². The van der Waals surface area contributed by atoms with Crippen LogP contribution < -0.4 is 0 Å². The minimum Gasteiger partial charge on any atom is -0.342 e. The maximum absolute atomic E-state index is 12.4. The van der Waals surface area contributed by atoms with E-state index in [1.54, 1.807) is 0 Å².